The molecule has 1 fully saturated rings. The predicted molar refractivity (Wildman–Crippen MR) is 63.5 cm³/mol. The van der Waals surface area contributed by atoms with Crippen LogP contribution < -0.4 is 5.32 Å². The molecule has 14 heavy (non-hydrogen) atoms. The summed E-state index contributed by atoms with van der Waals surface area (Å²) in [5, 5.41) is 3.74. The molecule has 1 aliphatic carbocycles. The smallest absolute Gasteiger partial charge is 0.00952 e. The van der Waals surface area contributed by atoms with Gasteiger partial charge in [0.25, 0.3) is 0 Å². The van der Waals surface area contributed by atoms with E-state index in [-0.39, 0.29) is 0 Å². The van der Waals surface area contributed by atoms with Gasteiger partial charge in [-0.15, -0.1) is 0 Å². The van der Waals surface area contributed by atoms with Crippen molar-refractivity contribution in [2.45, 2.75) is 65.3 Å². The molecule has 0 heterocycles. The molecule has 1 saturated carbocycles. The molecule has 0 bridgehead atoms. The normalized spacial score (nSPS) is 27.4. The molecule has 2 unspecified atom stereocenters. The second-order valence-corrected chi connectivity index (χ2v) is 5.20. The zero-order chi connectivity index (χ0) is 10.4. The van der Waals surface area contributed by atoms with Crippen LogP contribution in [0.5, 0.6) is 0 Å². The molecular formula is C13H27N. The van der Waals surface area contributed by atoms with Crippen LogP contribution in [0.4, 0.5) is 0 Å². The summed E-state index contributed by atoms with van der Waals surface area (Å²) in [5.41, 5.74) is 0. The lowest BCUT2D eigenvalue weighted by atomic mass is 10.0. The predicted octanol–water partition coefficient (Wildman–Crippen LogP) is 3.59. The largest absolute Gasteiger partial charge is 0.314 e. The molecule has 1 aliphatic rings. The van der Waals surface area contributed by atoms with E-state index in [1.807, 2.05) is 0 Å². The van der Waals surface area contributed by atoms with Gasteiger partial charge >= 0.3 is 0 Å². The highest BCUT2D eigenvalue weighted by Crippen LogP contribution is 2.27. The first-order valence-corrected chi connectivity index (χ1v) is 6.47. The summed E-state index contributed by atoms with van der Waals surface area (Å²) in [6.07, 6.45) is 8.40. The van der Waals surface area contributed by atoms with Gasteiger partial charge in [0.2, 0.25) is 0 Å². The SMILES string of the molecule is CCC1CCCC1NCCCC(C)C. The van der Waals surface area contributed by atoms with Crippen LogP contribution in [0, 0.1) is 11.8 Å². The van der Waals surface area contributed by atoms with E-state index < -0.39 is 0 Å². The maximum atomic E-state index is 3.74. The van der Waals surface area contributed by atoms with Gasteiger partial charge in [-0.2, -0.15) is 0 Å². The summed E-state index contributed by atoms with van der Waals surface area (Å²) in [5.74, 6) is 1.83. The third-order valence-electron chi connectivity index (χ3n) is 3.55. The van der Waals surface area contributed by atoms with Gasteiger partial charge in [-0.3, -0.25) is 0 Å². The summed E-state index contributed by atoms with van der Waals surface area (Å²) in [6.45, 7) is 8.19. The highest BCUT2D eigenvalue weighted by atomic mass is 14.9. The Morgan fingerprint density at radius 1 is 1.29 bits per heavy atom. The summed E-state index contributed by atoms with van der Waals surface area (Å²) in [4.78, 5) is 0. The third kappa shape index (κ3) is 4.00. The van der Waals surface area contributed by atoms with E-state index in [0.29, 0.717) is 0 Å². The van der Waals surface area contributed by atoms with E-state index in [0.717, 1.165) is 17.9 Å². The second-order valence-electron chi connectivity index (χ2n) is 5.20. The molecule has 1 N–H and O–H groups in total. The first-order chi connectivity index (χ1) is 6.74. The Kier molecular flexibility index (Phi) is 5.54. The van der Waals surface area contributed by atoms with Crippen LogP contribution in [0.25, 0.3) is 0 Å². The standard InChI is InChI=1S/C13H27N/c1-4-12-8-5-9-13(12)14-10-6-7-11(2)3/h11-14H,4-10H2,1-3H3. The van der Waals surface area contributed by atoms with Gasteiger partial charge in [0.1, 0.15) is 0 Å². The molecule has 1 nitrogen and oxygen atoms in total. The van der Waals surface area contributed by atoms with Gasteiger partial charge in [0, 0.05) is 6.04 Å². The average Bonchev–Trinajstić information content (AvgIpc) is 2.59. The van der Waals surface area contributed by atoms with Crippen molar-refractivity contribution >= 4 is 0 Å². The van der Waals surface area contributed by atoms with Gasteiger partial charge in [0.15, 0.2) is 0 Å². The number of nitrogens with one attached hydrogen (secondary N) is 1. The number of hydrogen-bond donors (Lipinski definition) is 1. The molecule has 0 saturated heterocycles. The van der Waals surface area contributed by atoms with Gasteiger partial charge in [-0.25, -0.2) is 0 Å². The Morgan fingerprint density at radius 3 is 2.71 bits per heavy atom. The number of rotatable bonds is 6. The second kappa shape index (κ2) is 6.44. The van der Waals surface area contributed by atoms with Crippen molar-refractivity contribution in [3.8, 4) is 0 Å². The topological polar surface area (TPSA) is 12.0 Å². The molecule has 0 spiro atoms. The maximum absolute atomic E-state index is 3.74. The van der Waals surface area contributed by atoms with Gasteiger partial charge in [0.05, 0.1) is 0 Å². The van der Waals surface area contributed by atoms with E-state index >= 15 is 0 Å². The summed E-state index contributed by atoms with van der Waals surface area (Å²) < 4.78 is 0. The minimum Gasteiger partial charge on any atom is -0.314 e. The zero-order valence-electron chi connectivity index (χ0n) is 10.2. The Balaban J connectivity index is 2.05. The lowest BCUT2D eigenvalue weighted by molar-refractivity contribution is 0.382. The quantitative estimate of drug-likeness (QED) is 0.642. The Morgan fingerprint density at radius 2 is 2.07 bits per heavy atom. The van der Waals surface area contributed by atoms with E-state index in [1.54, 1.807) is 0 Å². The fraction of sp³-hybridized carbons (Fsp3) is 1.00. The molecule has 0 radical (unpaired) electrons. The lowest BCUT2D eigenvalue weighted by Crippen LogP contribution is -2.32. The highest BCUT2D eigenvalue weighted by molar-refractivity contribution is 4.81. The van der Waals surface area contributed by atoms with Crippen LogP contribution in [0.3, 0.4) is 0 Å². The lowest BCUT2D eigenvalue weighted by Gasteiger charge is -2.19. The van der Waals surface area contributed by atoms with Crippen molar-refractivity contribution in [1.29, 1.82) is 0 Å². The fourth-order valence-electron chi connectivity index (χ4n) is 2.59. The first kappa shape index (κ1) is 12.0. The summed E-state index contributed by atoms with van der Waals surface area (Å²) >= 11 is 0. The molecule has 0 aromatic carbocycles. The van der Waals surface area contributed by atoms with Gasteiger partial charge < -0.3 is 5.32 Å². The molecule has 0 aromatic heterocycles. The first-order valence-electron chi connectivity index (χ1n) is 6.47. The average molecular weight is 197 g/mol. The van der Waals surface area contributed by atoms with Crippen molar-refractivity contribution < 1.29 is 0 Å². The van der Waals surface area contributed by atoms with Crippen LogP contribution in [0.15, 0.2) is 0 Å². The van der Waals surface area contributed by atoms with E-state index in [4.69, 9.17) is 0 Å². The van der Waals surface area contributed by atoms with E-state index in [2.05, 4.69) is 26.1 Å². The van der Waals surface area contributed by atoms with Crippen LogP contribution in [0.1, 0.15) is 59.3 Å². The van der Waals surface area contributed by atoms with Crippen molar-refractivity contribution in [1.82, 2.24) is 5.32 Å². The molecule has 0 aromatic rings. The Labute approximate surface area is 89.7 Å². The molecule has 84 valence electrons. The molecule has 0 amide bonds. The minimum absolute atomic E-state index is 0.840. The maximum Gasteiger partial charge on any atom is 0.00952 e. The van der Waals surface area contributed by atoms with Crippen molar-refractivity contribution in [2.75, 3.05) is 6.54 Å². The van der Waals surface area contributed by atoms with Crippen molar-refractivity contribution in [3.63, 3.8) is 0 Å². The minimum atomic E-state index is 0.840. The number of hydrogen-bond acceptors (Lipinski definition) is 1. The molecule has 2 atom stereocenters. The zero-order valence-corrected chi connectivity index (χ0v) is 10.2. The molecule has 0 aliphatic heterocycles. The van der Waals surface area contributed by atoms with Crippen molar-refractivity contribution in [2.24, 2.45) is 11.8 Å². The summed E-state index contributed by atoms with van der Waals surface area (Å²) in [7, 11) is 0. The third-order valence-corrected chi connectivity index (χ3v) is 3.55. The monoisotopic (exact) mass is 197 g/mol. The highest BCUT2D eigenvalue weighted by Gasteiger charge is 2.24. The van der Waals surface area contributed by atoms with E-state index in [9.17, 15) is 0 Å². The Bertz CT molecular complexity index is 142. The van der Waals surface area contributed by atoms with Crippen molar-refractivity contribution in [3.05, 3.63) is 0 Å². The molecule has 1 rings (SSSR count). The summed E-state index contributed by atoms with van der Waals surface area (Å²) in [6, 6.07) is 0.840. The van der Waals surface area contributed by atoms with Crippen LogP contribution in [-0.4, -0.2) is 12.6 Å². The molecular weight excluding hydrogens is 170 g/mol. The fourth-order valence-corrected chi connectivity index (χ4v) is 2.59. The Hall–Kier alpha value is -0.0400. The van der Waals surface area contributed by atoms with Crippen LogP contribution in [-0.2, 0) is 0 Å². The van der Waals surface area contributed by atoms with Crippen LogP contribution in [0.2, 0.25) is 0 Å². The van der Waals surface area contributed by atoms with Crippen LogP contribution >= 0.6 is 0 Å². The van der Waals surface area contributed by atoms with Gasteiger partial charge in [-0.1, -0.05) is 33.6 Å². The van der Waals surface area contributed by atoms with E-state index in [1.165, 1.54) is 45.1 Å². The molecule has 1 heteroatoms. The van der Waals surface area contributed by atoms with Gasteiger partial charge in [-0.05, 0) is 44.1 Å².